The molecular weight excluding hydrogens is 452 g/mol. The lowest BCUT2D eigenvalue weighted by molar-refractivity contribution is 0.0789. The Hall–Kier alpha value is -2.61. The van der Waals surface area contributed by atoms with Crippen LogP contribution in [0.15, 0.2) is 88.7 Å². The van der Waals surface area contributed by atoms with E-state index in [1.165, 1.54) is 16.1 Å². The zero-order valence-electron chi connectivity index (χ0n) is 18.7. The molecule has 7 heteroatoms. The number of nitrogens with zero attached hydrogens (tertiary/aromatic N) is 2. The van der Waals surface area contributed by atoms with Gasteiger partial charge < -0.3 is 4.90 Å². The Labute approximate surface area is 200 Å². The molecule has 0 atom stereocenters. The van der Waals surface area contributed by atoms with Crippen molar-refractivity contribution in [2.45, 2.75) is 35.7 Å². The van der Waals surface area contributed by atoms with Crippen LogP contribution in [0.3, 0.4) is 0 Å². The second-order valence-electron chi connectivity index (χ2n) is 8.11. The molecule has 0 unspecified atom stereocenters. The molecule has 1 aliphatic rings. The van der Waals surface area contributed by atoms with Gasteiger partial charge >= 0.3 is 0 Å². The minimum absolute atomic E-state index is 0.0911. The van der Waals surface area contributed by atoms with Crippen LogP contribution in [-0.2, 0) is 23.1 Å². The Kier molecular flexibility index (Phi) is 7.53. The molecule has 3 aromatic carbocycles. The Morgan fingerprint density at radius 1 is 0.879 bits per heavy atom. The molecule has 1 fully saturated rings. The number of hydrogen-bond acceptors (Lipinski definition) is 4. The average Bonchev–Trinajstić information content (AvgIpc) is 3.39. The summed E-state index contributed by atoms with van der Waals surface area (Å²) in [6, 6.07) is 24.1. The van der Waals surface area contributed by atoms with E-state index in [-0.39, 0.29) is 23.9 Å². The van der Waals surface area contributed by atoms with Crippen LogP contribution in [0.1, 0.15) is 34.3 Å². The predicted molar refractivity (Wildman–Crippen MR) is 133 cm³/mol. The van der Waals surface area contributed by atoms with Gasteiger partial charge in [0.2, 0.25) is 10.0 Å². The molecule has 172 valence electrons. The van der Waals surface area contributed by atoms with Crippen LogP contribution < -0.4 is 0 Å². The van der Waals surface area contributed by atoms with E-state index in [1.807, 2.05) is 71.8 Å². The van der Waals surface area contributed by atoms with Crippen molar-refractivity contribution in [3.05, 3.63) is 95.6 Å². The number of thioether (sulfide) groups is 1. The minimum atomic E-state index is -3.85. The largest absolute Gasteiger partial charge is 0.339 e. The molecule has 0 aromatic heterocycles. The first-order valence-electron chi connectivity index (χ1n) is 11.0. The summed E-state index contributed by atoms with van der Waals surface area (Å²) >= 11 is 1.46. The van der Waals surface area contributed by atoms with Gasteiger partial charge in [-0.1, -0.05) is 60.7 Å². The van der Waals surface area contributed by atoms with Crippen LogP contribution in [0.5, 0.6) is 0 Å². The second kappa shape index (κ2) is 10.5. The lowest BCUT2D eigenvalue weighted by Crippen LogP contribution is -2.31. The number of rotatable bonds is 8. The summed E-state index contributed by atoms with van der Waals surface area (Å²) in [5.41, 5.74) is 2.28. The number of sulfonamides is 1. The molecule has 1 aliphatic heterocycles. The first-order chi connectivity index (χ1) is 16.0. The fraction of sp³-hybridized carbons (Fsp3) is 0.269. The van der Waals surface area contributed by atoms with E-state index in [0.717, 1.165) is 42.0 Å². The molecule has 0 N–H and O–H groups in total. The lowest BCUT2D eigenvalue weighted by Gasteiger charge is -2.24. The number of carbonyl (C=O) groups excluding carboxylic acids is 1. The van der Waals surface area contributed by atoms with Gasteiger partial charge in [-0.3, -0.25) is 4.79 Å². The van der Waals surface area contributed by atoms with Crippen molar-refractivity contribution in [1.82, 2.24) is 9.21 Å². The van der Waals surface area contributed by atoms with Gasteiger partial charge in [0.15, 0.2) is 0 Å². The first-order valence-corrected chi connectivity index (χ1v) is 13.7. The van der Waals surface area contributed by atoms with Crippen LogP contribution >= 0.6 is 11.8 Å². The first kappa shape index (κ1) is 23.5. The monoisotopic (exact) mass is 480 g/mol. The van der Waals surface area contributed by atoms with Gasteiger partial charge in [-0.2, -0.15) is 4.31 Å². The molecule has 5 nitrogen and oxygen atoms in total. The van der Waals surface area contributed by atoms with E-state index in [1.54, 1.807) is 18.2 Å². The van der Waals surface area contributed by atoms with E-state index in [0.29, 0.717) is 5.56 Å². The third-order valence-corrected chi connectivity index (χ3v) is 8.42. The van der Waals surface area contributed by atoms with Crippen molar-refractivity contribution in [3.8, 4) is 0 Å². The zero-order chi connectivity index (χ0) is 23.3. The average molecular weight is 481 g/mol. The molecular formula is C26H28N2O3S2. The number of likely N-dealkylation sites (tertiary alicyclic amines) is 1. The van der Waals surface area contributed by atoms with E-state index in [9.17, 15) is 13.2 Å². The molecule has 0 bridgehead atoms. The summed E-state index contributed by atoms with van der Waals surface area (Å²) < 4.78 is 29.1. The minimum Gasteiger partial charge on any atom is -0.339 e. The molecule has 1 amide bonds. The maximum Gasteiger partial charge on any atom is 0.255 e. The van der Waals surface area contributed by atoms with Gasteiger partial charge in [0.1, 0.15) is 0 Å². The Morgan fingerprint density at radius 3 is 1.94 bits per heavy atom. The maximum absolute atomic E-state index is 13.8. The van der Waals surface area contributed by atoms with E-state index in [2.05, 4.69) is 0 Å². The van der Waals surface area contributed by atoms with Crippen molar-refractivity contribution in [3.63, 3.8) is 0 Å². The maximum atomic E-state index is 13.8. The summed E-state index contributed by atoms with van der Waals surface area (Å²) in [6.45, 7) is 1.94. The van der Waals surface area contributed by atoms with Crippen molar-refractivity contribution in [1.29, 1.82) is 0 Å². The molecule has 0 radical (unpaired) electrons. The summed E-state index contributed by atoms with van der Waals surface area (Å²) in [4.78, 5) is 15.9. The smallest absolute Gasteiger partial charge is 0.255 e. The molecule has 0 saturated carbocycles. The number of hydrogen-bond donors (Lipinski definition) is 0. The van der Waals surface area contributed by atoms with Gasteiger partial charge in [-0.15, -0.1) is 11.8 Å². The topological polar surface area (TPSA) is 57.7 Å². The standard InChI is InChI=1S/C26H28N2O3S2/c1-32-25-15-14-23(18-24(25)26(29)27-16-8-9-17-27)33(30,31)28(19-21-10-4-2-5-11-21)20-22-12-6-3-7-13-22/h2-7,10-15,18H,8-9,16-17,19-20H2,1H3. The highest BCUT2D eigenvalue weighted by molar-refractivity contribution is 7.98. The van der Waals surface area contributed by atoms with Gasteiger partial charge in [-0.25, -0.2) is 8.42 Å². The van der Waals surface area contributed by atoms with E-state index in [4.69, 9.17) is 0 Å². The third kappa shape index (κ3) is 5.49. The lowest BCUT2D eigenvalue weighted by atomic mass is 10.2. The summed E-state index contributed by atoms with van der Waals surface area (Å²) in [7, 11) is -3.85. The fourth-order valence-electron chi connectivity index (χ4n) is 4.05. The van der Waals surface area contributed by atoms with Gasteiger partial charge in [-0.05, 0) is 48.4 Å². The SMILES string of the molecule is CSc1ccc(S(=O)(=O)N(Cc2ccccc2)Cc2ccccc2)cc1C(=O)N1CCCC1. The van der Waals surface area contributed by atoms with Gasteiger partial charge in [0.05, 0.1) is 10.5 Å². The van der Waals surface area contributed by atoms with Gasteiger partial charge in [0.25, 0.3) is 5.91 Å². The third-order valence-electron chi connectivity index (χ3n) is 5.84. The van der Waals surface area contributed by atoms with Crippen molar-refractivity contribution >= 4 is 27.7 Å². The second-order valence-corrected chi connectivity index (χ2v) is 10.9. The highest BCUT2D eigenvalue weighted by Crippen LogP contribution is 2.29. The number of benzene rings is 3. The number of carbonyl (C=O) groups is 1. The fourth-order valence-corrected chi connectivity index (χ4v) is 6.07. The quantitative estimate of drug-likeness (QED) is 0.424. The molecule has 1 heterocycles. The number of amides is 1. The van der Waals surface area contributed by atoms with Crippen LogP contribution in [0.2, 0.25) is 0 Å². The van der Waals surface area contributed by atoms with Crippen LogP contribution in [0.25, 0.3) is 0 Å². The van der Waals surface area contributed by atoms with Crippen LogP contribution in [-0.4, -0.2) is 42.9 Å². The molecule has 4 rings (SSSR count). The normalized spacial score (nSPS) is 14.1. The van der Waals surface area contributed by atoms with Crippen LogP contribution in [0, 0.1) is 0 Å². The van der Waals surface area contributed by atoms with Crippen molar-refractivity contribution in [2.24, 2.45) is 0 Å². The van der Waals surface area contributed by atoms with Gasteiger partial charge in [0, 0.05) is 31.1 Å². The summed E-state index contributed by atoms with van der Waals surface area (Å²) in [5, 5.41) is 0. The van der Waals surface area contributed by atoms with Crippen molar-refractivity contribution < 1.29 is 13.2 Å². The molecule has 0 aliphatic carbocycles. The Balaban J connectivity index is 1.71. The highest BCUT2D eigenvalue weighted by atomic mass is 32.2. The molecule has 33 heavy (non-hydrogen) atoms. The summed E-state index contributed by atoms with van der Waals surface area (Å²) in [5.74, 6) is -0.0911. The van der Waals surface area contributed by atoms with E-state index >= 15 is 0 Å². The highest BCUT2D eigenvalue weighted by Gasteiger charge is 2.28. The Morgan fingerprint density at radius 2 is 1.42 bits per heavy atom. The molecule has 3 aromatic rings. The van der Waals surface area contributed by atoms with E-state index < -0.39 is 10.0 Å². The zero-order valence-corrected chi connectivity index (χ0v) is 20.3. The van der Waals surface area contributed by atoms with Crippen LogP contribution in [0.4, 0.5) is 0 Å². The Bertz CT molecular complexity index is 1150. The molecule has 1 saturated heterocycles. The summed E-state index contributed by atoms with van der Waals surface area (Å²) in [6.07, 6.45) is 3.88. The molecule has 0 spiro atoms. The predicted octanol–water partition coefficient (Wildman–Crippen LogP) is 5.04. The van der Waals surface area contributed by atoms with Crippen molar-refractivity contribution in [2.75, 3.05) is 19.3 Å².